The van der Waals surface area contributed by atoms with Gasteiger partial charge in [-0.3, -0.25) is 0 Å². The van der Waals surface area contributed by atoms with Gasteiger partial charge < -0.3 is 14.7 Å². The first-order chi connectivity index (χ1) is 7.69. The Morgan fingerprint density at radius 3 is 3.06 bits per heavy atom. The van der Waals surface area contributed by atoms with Crippen LogP contribution in [0.4, 0.5) is 5.82 Å². The second kappa shape index (κ2) is 4.80. The molecule has 1 fully saturated rings. The molecular weight excluding hydrogens is 204 g/mol. The van der Waals surface area contributed by atoms with Crippen molar-refractivity contribution < 1.29 is 9.84 Å². The second-order valence-electron chi connectivity index (χ2n) is 4.26. The van der Waals surface area contributed by atoms with Gasteiger partial charge in [0.1, 0.15) is 5.82 Å². The fraction of sp³-hybridized carbons (Fsp3) is 0.583. The van der Waals surface area contributed by atoms with Crippen LogP contribution in [0.5, 0.6) is 0 Å². The summed E-state index contributed by atoms with van der Waals surface area (Å²) in [4.78, 5) is 6.71. The van der Waals surface area contributed by atoms with Crippen LogP contribution in [-0.2, 0) is 11.3 Å². The van der Waals surface area contributed by atoms with Crippen LogP contribution >= 0.6 is 0 Å². The molecule has 0 radical (unpaired) electrons. The number of anilines is 1. The molecule has 2 rings (SSSR count). The van der Waals surface area contributed by atoms with Gasteiger partial charge in [-0.05, 0) is 31.5 Å². The van der Waals surface area contributed by atoms with Crippen LogP contribution in [0.3, 0.4) is 0 Å². The molecule has 4 nitrogen and oxygen atoms in total. The summed E-state index contributed by atoms with van der Waals surface area (Å²) in [6.45, 7) is 6.55. The number of hydrogen-bond acceptors (Lipinski definition) is 4. The van der Waals surface area contributed by atoms with Gasteiger partial charge in [-0.15, -0.1) is 0 Å². The number of rotatable bonds is 2. The van der Waals surface area contributed by atoms with Gasteiger partial charge in [0.15, 0.2) is 0 Å². The van der Waals surface area contributed by atoms with Gasteiger partial charge in [0.2, 0.25) is 0 Å². The maximum absolute atomic E-state index is 9.17. The van der Waals surface area contributed by atoms with Gasteiger partial charge in [0.05, 0.1) is 19.3 Å². The minimum absolute atomic E-state index is 0.0657. The molecule has 88 valence electrons. The first-order valence-electron chi connectivity index (χ1n) is 5.64. The Balaban J connectivity index is 2.21. The van der Waals surface area contributed by atoms with Crippen LogP contribution in [0.1, 0.15) is 18.2 Å². The monoisotopic (exact) mass is 222 g/mol. The van der Waals surface area contributed by atoms with E-state index in [-0.39, 0.29) is 12.7 Å². The number of ether oxygens (including phenoxy) is 1. The molecule has 0 amide bonds. The maximum Gasteiger partial charge on any atom is 0.129 e. The van der Waals surface area contributed by atoms with Gasteiger partial charge in [-0.25, -0.2) is 4.98 Å². The van der Waals surface area contributed by atoms with Crippen molar-refractivity contribution in [3.63, 3.8) is 0 Å². The van der Waals surface area contributed by atoms with Crippen LogP contribution < -0.4 is 4.90 Å². The fourth-order valence-corrected chi connectivity index (χ4v) is 2.00. The van der Waals surface area contributed by atoms with E-state index in [1.54, 1.807) is 0 Å². The van der Waals surface area contributed by atoms with Crippen LogP contribution in [0.25, 0.3) is 0 Å². The fourth-order valence-electron chi connectivity index (χ4n) is 2.00. The summed E-state index contributed by atoms with van der Waals surface area (Å²) in [7, 11) is 0. The molecule has 0 aliphatic carbocycles. The number of aliphatic hydroxyl groups is 1. The summed E-state index contributed by atoms with van der Waals surface area (Å²) >= 11 is 0. The number of aryl methyl sites for hydroxylation is 1. The average Bonchev–Trinajstić information content (AvgIpc) is 2.28. The summed E-state index contributed by atoms with van der Waals surface area (Å²) in [5, 5.41) is 9.17. The highest BCUT2D eigenvalue weighted by molar-refractivity contribution is 5.43. The van der Waals surface area contributed by atoms with Gasteiger partial charge >= 0.3 is 0 Å². The molecule has 4 heteroatoms. The Morgan fingerprint density at radius 2 is 2.38 bits per heavy atom. The van der Waals surface area contributed by atoms with Crippen LogP contribution in [0.2, 0.25) is 0 Å². The molecular formula is C12H18N2O2. The molecule has 1 aliphatic rings. The Hall–Kier alpha value is -1.13. The molecule has 1 atom stereocenters. The van der Waals surface area contributed by atoms with Crippen LogP contribution in [-0.4, -0.2) is 35.9 Å². The van der Waals surface area contributed by atoms with Crippen molar-refractivity contribution in [2.24, 2.45) is 0 Å². The molecule has 1 aromatic heterocycles. The van der Waals surface area contributed by atoms with E-state index in [1.807, 2.05) is 19.1 Å². The van der Waals surface area contributed by atoms with Gasteiger partial charge in [-0.2, -0.15) is 0 Å². The standard InChI is InChI=1S/C12H18N2O2/c1-9-5-11(8-15)6-12(13-9)14-3-4-16-10(2)7-14/h5-6,10,15H,3-4,7-8H2,1-2H3. The van der Waals surface area contributed by atoms with Gasteiger partial charge in [0.25, 0.3) is 0 Å². The maximum atomic E-state index is 9.17. The quantitative estimate of drug-likeness (QED) is 0.814. The highest BCUT2D eigenvalue weighted by Gasteiger charge is 2.18. The number of hydrogen-bond donors (Lipinski definition) is 1. The zero-order chi connectivity index (χ0) is 11.5. The molecule has 0 aromatic carbocycles. The third-order valence-corrected chi connectivity index (χ3v) is 2.75. The Labute approximate surface area is 95.9 Å². The van der Waals surface area contributed by atoms with Crippen LogP contribution in [0.15, 0.2) is 12.1 Å². The summed E-state index contributed by atoms with van der Waals surface area (Å²) in [6, 6.07) is 3.86. The predicted octanol–water partition coefficient (Wildman–Crippen LogP) is 1.11. The van der Waals surface area contributed by atoms with E-state index in [9.17, 15) is 0 Å². The van der Waals surface area contributed by atoms with E-state index in [2.05, 4.69) is 16.8 Å². The van der Waals surface area contributed by atoms with Crippen LogP contribution in [0, 0.1) is 6.92 Å². The van der Waals surface area contributed by atoms with Crippen molar-refractivity contribution in [1.82, 2.24) is 4.98 Å². The number of aromatic nitrogens is 1. The normalized spacial score (nSPS) is 21.2. The van der Waals surface area contributed by atoms with E-state index >= 15 is 0 Å². The summed E-state index contributed by atoms with van der Waals surface area (Å²) < 4.78 is 5.50. The van der Waals surface area contributed by atoms with Gasteiger partial charge in [0, 0.05) is 18.8 Å². The van der Waals surface area contributed by atoms with E-state index in [0.717, 1.165) is 36.8 Å². The average molecular weight is 222 g/mol. The summed E-state index contributed by atoms with van der Waals surface area (Å²) in [5.74, 6) is 0.944. The van der Waals surface area contributed by atoms with Crippen molar-refractivity contribution in [3.05, 3.63) is 23.4 Å². The number of aliphatic hydroxyl groups excluding tert-OH is 1. The van der Waals surface area contributed by atoms with Crippen molar-refractivity contribution in [2.75, 3.05) is 24.6 Å². The van der Waals surface area contributed by atoms with E-state index < -0.39 is 0 Å². The zero-order valence-electron chi connectivity index (χ0n) is 9.81. The van der Waals surface area contributed by atoms with E-state index in [1.165, 1.54) is 0 Å². The smallest absolute Gasteiger partial charge is 0.129 e. The molecule has 2 heterocycles. The Kier molecular flexibility index (Phi) is 3.41. The first kappa shape index (κ1) is 11.4. The molecule has 1 saturated heterocycles. The largest absolute Gasteiger partial charge is 0.392 e. The summed E-state index contributed by atoms with van der Waals surface area (Å²) in [6.07, 6.45) is 0.244. The SMILES string of the molecule is Cc1cc(CO)cc(N2CCOC(C)C2)n1. The molecule has 1 unspecified atom stereocenters. The minimum Gasteiger partial charge on any atom is -0.392 e. The Morgan fingerprint density at radius 1 is 1.56 bits per heavy atom. The Bertz CT molecular complexity index is 368. The van der Waals surface area contributed by atoms with Crippen molar-refractivity contribution >= 4 is 5.82 Å². The lowest BCUT2D eigenvalue weighted by atomic mass is 10.2. The minimum atomic E-state index is 0.0657. The van der Waals surface area contributed by atoms with Crippen molar-refractivity contribution in [1.29, 1.82) is 0 Å². The second-order valence-corrected chi connectivity index (χ2v) is 4.26. The first-order valence-corrected chi connectivity index (χ1v) is 5.64. The molecule has 0 saturated carbocycles. The number of morpholine rings is 1. The zero-order valence-corrected chi connectivity index (χ0v) is 9.81. The molecule has 16 heavy (non-hydrogen) atoms. The molecule has 1 aliphatic heterocycles. The predicted molar refractivity (Wildman–Crippen MR) is 62.5 cm³/mol. The summed E-state index contributed by atoms with van der Waals surface area (Å²) in [5.41, 5.74) is 1.86. The molecule has 0 bridgehead atoms. The lowest BCUT2D eigenvalue weighted by molar-refractivity contribution is 0.0529. The van der Waals surface area contributed by atoms with Crippen molar-refractivity contribution in [3.8, 4) is 0 Å². The molecule has 1 N–H and O–H groups in total. The van der Waals surface area contributed by atoms with Crippen molar-refractivity contribution in [2.45, 2.75) is 26.6 Å². The van der Waals surface area contributed by atoms with Gasteiger partial charge in [-0.1, -0.05) is 0 Å². The van der Waals surface area contributed by atoms with E-state index in [4.69, 9.17) is 9.84 Å². The lowest BCUT2D eigenvalue weighted by Gasteiger charge is -2.32. The highest BCUT2D eigenvalue weighted by atomic mass is 16.5. The molecule has 1 aromatic rings. The molecule has 0 spiro atoms. The highest BCUT2D eigenvalue weighted by Crippen LogP contribution is 2.18. The number of pyridine rings is 1. The topological polar surface area (TPSA) is 45.6 Å². The third-order valence-electron chi connectivity index (χ3n) is 2.75. The van der Waals surface area contributed by atoms with E-state index in [0.29, 0.717) is 0 Å². The lowest BCUT2D eigenvalue weighted by Crippen LogP contribution is -2.41. The third kappa shape index (κ3) is 2.51. The number of nitrogens with zero attached hydrogens (tertiary/aromatic N) is 2.